The van der Waals surface area contributed by atoms with Crippen LogP contribution in [0, 0.1) is 11.7 Å². The predicted octanol–water partition coefficient (Wildman–Crippen LogP) is 3.56. The summed E-state index contributed by atoms with van der Waals surface area (Å²) in [6.45, 7) is 7.78. The van der Waals surface area contributed by atoms with Crippen molar-refractivity contribution >= 4 is 12.1 Å². The van der Waals surface area contributed by atoms with Crippen LogP contribution in [-0.4, -0.2) is 41.8 Å². The first-order valence-electron chi connectivity index (χ1n) is 8.60. The van der Waals surface area contributed by atoms with Crippen molar-refractivity contribution in [3.63, 3.8) is 0 Å². The Labute approximate surface area is 148 Å². The Hall–Kier alpha value is -2.11. The van der Waals surface area contributed by atoms with Gasteiger partial charge in [0.15, 0.2) is 0 Å². The van der Waals surface area contributed by atoms with Crippen molar-refractivity contribution in [1.82, 2.24) is 4.90 Å². The largest absolute Gasteiger partial charge is 0.464 e. The Morgan fingerprint density at radius 2 is 1.88 bits per heavy atom. The smallest absolute Gasteiger partial charge is 0.411 e. The van der Waals surface area contributed by atoms with Crippen LogP contribution in [0.5, 0.6) is 0 Å². The Bertz CT molecular complexity index is 609. The second-order valence-corrected chi connectivity index (χ2v) is 7.33. The van der Waals surface area contributed by atoms with Crippen LogP contribution in [0.4, 0.5) is 9.18 Å². The van der Waals surface area contributed by atoms with Gasteiger partial charge in [-0.05, 0) is 64.2 Å². The lowest BCUT2D eigenvalue weighted by Crippen LogP contribution is -2.44. The van der Waals surface area contributed by atoms with Crippen molar-refractivity contribution in [3.05, 3.63) is 35.6 Å². The monoisotopic (exact) mass is 351 g/mol. The van der Waals surface area contributed by atoms with E-state index in [2.05, 4.69) is 0 Å². The molecule has 1 aromatic carbocycles. The third-order valence-electron chi connectivity index (χ3n) is 4.01. The lowest BCUT2D eigenvalue weighted by Gasteiger charge is -2.27. The fourth-order valence-corrected chi connectivity index (χ4v) is 3.01. The van der Waals surface area contributed by atoms with Crippen molar-refractivity contribution in [2.24, 2.45) is 5.92 Å². The van der Waals surface area contributed by atoms with E-state index >= 15 is 0 Å². The van der Waals surface area contributed by atoms with E-state index in [0.717, 1.165) is 5.56 Å². The molecule has 5 nitrogen and oxygen atoms in total. The number of likely N-dealkylation sites (tertiary alicyclic amines) is 1. The lowest BCUT2D eigenvalue weighted by molar-refractivity contribution is -0.148. The van der Waals surface area contributed by atoms with Gasteiger partial charge in [0.1, 0.15) is 17.5 Å². The van der Waals surface area contributed by atoms with Gasteiger partial charge in [-0.15, -0.1) is 0 Å². The van der Waals surface area contributed by atoms with Crippen LogP contribution in [0.2, 0.25) is 0 Å². The highest BCUT2D eigenvalue weighted by atomic mass is 19.1. The maximum absolute atomic E-state index is 13.0. The summed E-state index contributed by atoms with van der Waals surface area (Å²) in [7, 11) is 0. The molecule has 0 aromatic heterocycles. The second-order valence-electron chi connectivity index (χ2n) is 7.33. The van der Waals surface area contributed by atoms with E-state index in [-0.39, 0.29) is 18.3 Å². The molecule has 0 spiro atoms. The van der Waals surface area contributed by atoms with Crippen molar-refractivity contribution in [1.29, 1.82) is 0 Å². The minimum Gasteiger partial charge on any atom is -0.464 e. The number of hydrogen-bond donors (Lipinski definition) is 0. The molecule has 1 saturated heterocycles. The van der Waals surface area contributed by atoms with Gasteiger partial charge in [-0.1, -0.05) is 12.1 Å². The topological polar surface area (TPSA) is 55.8 Å². The molecule has 1 heterocycles. The van der Waals surface area contributed by atoms with Gasteiger partial charge in [-0.3, -0.25) is 4.90 Å². The highest BCUT2D eigenvalue weighted by Gasteiger charge is 2.42. The number of nitrogens with zero attached hydrogens (tertiary/aromatic N) is 1. The average molecular weight is 351 g/mol. The van der Waals surface area contributed by atoms with E-state index in [1.54, 1.807) is 39.8 Å². The van der Waals surface area contributed by atoms with E-state index in [4.69, 9.17) is 9.47 Å². The Morgan fingerprint density at radius 3 is 2.44 bits per heavy atom. The first-order valence-corrected chi connectivity index (χ1v) is 8.60. The maximum atomic E-state index is 13.0. The molecule has 0 radical (unpaired) electrons. The van der Waals surface area contributed by atoms with Crippen LogP contribution >= 0.6 is 0 Å². The van der Waals surface area contributed by atoms with Gasteiger partial charge >= 0.3 is 12.1 Å². The number of hydrogen-bond acceptors (Lipinski definition) is 4. The Balaban J connectivity index is 2.10. The van der Waals surface area contributed by atoms with Crippen molar-refractivity contribution in [2.45, 2.75) is 52.2 Å². The minimum absolute atomic E-state index is 0.0902. The van der Waals surface area contributed by atoms with E-state index in [9.17, 15) is 14.0 Å². The maximum Gasteiger partial charge on any atom is 0.411 e. The number of carbonyl (C=O) groups is 2. The third kappa shape index (κ3) is 5.44. The molecule has 1 aromatic rings. The van der Waals surface area contributed by atoms with Crippen LogP contribution in [-0.2, 0) is 20.7 Å². The zero-order valence-corrected chi connectivity index (χ0v) is 15.3. The first-order chi connectivity index (χ1) is 11.7. The SMILES string of the molecule is CCOC(=O)[C@@H]1C[C@@H](Cc2ccc(F)cc2)CN1C(=O)OC(C)(C)C. The molecule has 1 fully saturated rings. The summed E-state index contributed by atoms with van der Waals surface area (Å²) in [5.74, 6) is -0.600. The standard InChI is InChI=1S/C19H26FNO4/c1-5-24-17(22)16-11-14(10-13-6-8-15(20)9-7-13)12-21(16)18(23)25-19(2,3)4/h6-9,14,16H,5,10-12H2,1-4H3/t14-,16+/m1/s1. The van der Waals surface area contributed by atoms with Crippen LogP contribution in [0.25, 0.3) is 0 Å². The molecule has 0 aliphatic carbocycles. The van der Waals surface area contributed by atoms with Crippen LogP contribution in [0.15, 0.2) is 24.3 Å². The van der Waals surface area contributed by atoms with E-state index in [1.807, 2.05) is 0 Å². The fraction of sp³-hybridized carbons (Fsp3) is 0.579. The summed E-state index contributed by atoms with van der Waals surface area (Å²) >= 11 is 0. The number of carbonyl (C=O) groups excluding carboxylic acids is 2. The summed E-state index contributed by atoms with van der Waals surface area (Å²) < 4.78 is 23.6. The zero-order chi connectivity index (χ0) is 18.6. The lowest BCUT2D eigenvalue weighted by atomic mass is 9.97. The molecular formula is C19H26FNO4. The highest BCUT2D eigenvalue weighted by Crippen LogP contribution is 2.29. The zero-order valence-electron chi connectivity index (χ0n) is 15.3. The number of esters is 1. The van der Waals surface area contributed by atoms with Gasteiger partial charge in [-0.25, -0.2) is 14.0 Å². The van der Waals surface area contributed by atoms with Crippen molar-refractivity contribution < 1.29 is 23.5 Å². The summed E-state index contributed by atoms with van der Waals surface area (Å²) in [5.41, 5.74) is 0.339. The summed E-state index contributed by atoms with van der Waals surface area (Å²) in [4.78, 5) is 26.2. The van der Waals surface area contributed by atoms with Gasteiger partial charge in [0.25, 0.3) is 0 Å². The summed E-state index contributed by atoms with van der Waals surface area (Å²) in [5, 5.41) is 0. The molecule has 138 valence electrons. The minimum atomic E-state index is -0.639. The third-order valence-corrected chi connectivity index (χ3v) is 4.01. The van der Waals surface area contributed by atoms with E-state index in [1.165, 1.54) is 17.0 Å². The van der Waals surface area contributed by atoms with Crippen LogP contribution < -0.4 is 0 Å². The number of halogens is 1. The molecule has 6 heteroatoms. The Kier molecular flexibility index (Phi) is 6.03. The molecule has 1 amide bonds. The van der Waals surface area contributed by atoms with Gasteiger partial charge in [0, 0.05) is 6.54 Å². The average Bonchev–Trinajstić information content (AvgIpc) is 2.92. The van der Waals surface area contributed by atoms with Gasteiger partial charge in [0.2, 0.25) is 0 Å². The van der Waals surface area contributed by atoms with Gasteiger partial charge in [0.05, 0.1) is 6.61 Å². The van der Waals surface area contributed by atoms with Gasteiger partial charge < -0.3 is 9.47 Å². The number of ether oxygens (including phenoxy) is 2. The molecule has 25 heavy (non-hydrogen) atoms. The molecule has 0 saturated carbocycles. The first kappa shape index (κ1) is 19.2. The molecule has 2 rings (SSSR count). The van der Waals surface area contributed by atoms with Crippen LogP contribution in [0.1, 0.15) is 39.7 Å². The number of benzene rings is 1. The number of amides is 1. The van der Waals surface area contributed by atoms with Crippen LogP contribution in [0.3, 0.4) is 0 Å². The van der Waals surface area contributed by atoms with E-state index in [0.29, 0.717) is 19.4 Å². The highest BCUT2D eigenvalue weighted by molar-refractivity contribution is 5.82. The Morgan fingerprint density at radius 1 is 1.24 bits per heavy atom. The summed E-state index contributed by atoms with van der Waals surface area (Å²) in [6, 6.07) is 5.65. The van der Waals surface area contributed by atoms with Crippen molar-refractivity contribution in [3.8, 4) is 0 Å². The molecule has 1 aliphatic rings. The van der Waals surface area contributed by atoms with Crippen molar-refractivity contribution in [2.75, 3.05) is 13.2 Å². The molecule has 0 N–H and O–H groups in total. The molecular weight excluding hydrogens is 325 g/mol. The molecule has 0 unspecified atom stereocenters. The molecule has 2 atom stereocenters. The fourth-order valence-electron chi connectivity index (χ4n) is 3.01. The molecule has 0 bridgehead atoms. The normalized spacial score (nSPS) is 20.4. The summed E-state index contributed by atoms with van der Waals surface area (Å²) in [6.07, 6.45) is 0.664. The second kappa shape index (κ2) is 7.85. The molecule has 1 aliphatic heterocycles. The van der Waals surface area contributed by atoms with Gasteiger partial charge in [-0.2, -0.15) is 0 Å². The predicted molar refractivity (Wildman–Crippen MR) is 91.6 cm³/mol. The number of rotatable bonds is 4. The quantitative estimate of drug-likeness (QED) is 0.779. The van der Waals surface area contributed by atoms with E-state index < -0.39 is 23.7 Å².